The fourth-order valence-electron chi connectivity index (χ4n) is 2.86. The quantitative estimate of drug-likeness (QED) is 0.876. The molecule has 1 N–H and O–H groups in total. The Morgan fingerprint density at radius 3 is 2.42 bits per heavy atom. The minimum Gasteiger partial charge on any atom is -0.495 e. The molecular formula is C17H18ClNO4S. The average Bonchev–Trinajstić information content (AvgIpc) is 3.03. The van der Waals surface area contributed by atoms with Crippen LogP contribution in [0, 0.1) is 0 Å². The molecule has 1 aliphatic rings. The van der Waals surface area contributed by atoms with Crippen molar-refractivity contribution < 1.29 is 17.9 Å². The van der Waals surface area contributed by atoms with Gasteiger partial charge in [-0.3, -0.25) is 4.72 Å². The van der Waals surface area contributed by atoms with Crippen molar-refractivity contribution in [1.82, 2.24) is 0 Å². The molecule has 2 aromatic rings. The first-order valence-electron chi connectivity index (χ1n) is 7.51. The number of hydrogen-bond donors (Lipinski definition) is 1. The van der Waals surface area contributed by atoms with Gasteiger partial charge in [-0.15, -0.1) is 0 Å². The predicted octanol–water partition coefficient (Wildman–Crippen LogP) is 3.65. The van der Waals surface area contributed by atoms with Crippen LogP contribution in [0.5, 0.6) is 11.5 Å². The standard InChI is InChI=1S/C17H18ClNO4S/c1-22-16-10-15(17(23-2)9-14(16)18)19-24(20,21)13-7-6-11-4-3-5-12(11)8-13/h6-10,19H,3-5H2,1-2H3. The number of methoxy groups -OCH3 is 2. The average molecular weight is 368 g/mol. The van der Waals surface area contributed by atoms with Gasteiger partial charge in [0.25, 0.3) is 10.0 Å². The van der Waals surface area contributed by atoms with E-state index in [9.17, 15) is 8.42 Å². The zero-order chi connectivity index (χ0) is 17.3. The van der Waals surface area contributed by atoms with Crippen molar-refractivity contribution in [2.75, 3.05) is 18.9 Å². The number of halogens is 1. The van der Waals surface area contributed by atoms with Gasteiger partial charge in [0.05, 0.1) is 29.8 Å². The largest absolute Gasteiger partial charge is 0.495 e. The van der Waals surface area contributed by atoms with Crippen LogP contribution in [-0.2, 0) is 22.9 Å². The normalized spacial score (nSPS) is 13.5. The Morgan fingerprint density at radius 1 is 1.00 bits per heavy atom. The molecule has 24 heavy (non-hydrogen) atoms. The van der Waals surface area contributed by atoms with Crippen molar-refractivity contribution in [2.24, 2.45) is 0 Å². The van der Waals surface area contributed by atoms with E-state index in [1.54, 1.807) is 12.1 Å². The molecule has 0 aliphatic heterocycles. The van der Waals surface area contributed by atoms with E-state index in [2.05, 4.69) is 4.72 Å². The number of ether oxygens (including phenoxy) is 2. The second-order valence-corrected chi connectivity index (χ2v) is 7.67. The summed E-state index contributed by atoms with van der Waals surface area (Å²) in [5.41, 5.74) is 2.59. The van der Waals surface area contributed by atoms with E-state index < -0.39 is 10.0 Å². The second kappa shape index (κ2) is 6.53. The summed E-state index contributed by atoms with van der Waals surface area (Å²) in [6.45, 7) is 0. The van der Waals surface area contributed by atoms with Crippen LogP contribution in [0.3, 0.4) is 0 Å². The molecule has 5 nitrogen and oxygen atoms in total. The van der Waals surface area contributed by atoms with E-state index in [0.29, 0.717) is 16.5 Å². The van der Waals surface area contributed by atoms with Crippen LogP contribution in [0.15, 0.2) is 35.2 Å². The molecule has 0 heterocycles. The number of rotatable bonds is 5. The van der Waals surface area contributed by atoms with Crippen LogP contribution in [0.2, 0.25) is 5.02 Å². The van der Waals surface area contributed by atoms with Crippen LogP contribution in [0.4, 0.5) is 5.69 Å². The number of benzene rings is 2. The van der Waals surface area contributed by atoms with E-state index in [-0.39, 0.29) is 10.6 Å². The predicted molar refractivity (Wildman–Crippen MR) is 93.8 cm³/mol. The van der Waals surface area contributed by atoms with E-state index in [4.69, 9.17) is 21.1 Å². The lowest BCUT2D eigenvalue weighted by molar-refractivity contribution is 0.405. The Labute approximate surface area is 146 Å². The molecule has 0 bridgehead atoms. The monoisotopic (exact) mass is 367 g/mol. The molecule has 0 saturated heterocycles. The summed E-state index contributed by atoms with van der Waals surface area (Å²) < 4.78 is 38.3. The smallest absolute Gasteiger partial charge is 0.262 e. The maximum atomic E-state index is 12.7. The molecule has 0 unspecified atom stereocenters. The van der Waals surface area contributed by atoms with E-state index in [0.717, 1.165) is 24.8 Å². The highest BCUT2D eigenvalue weighted by Crippen LogP contribution is 2.37. The van der Waals surface area contributed by atoms with E-state index in [1.165, 1.54) is 31.9 Å². The Balaban J connectivity index is 1.97. The topological polar surface area (TPSA) is 64.6 Å². The summed E-state index contributed by atoms with van der Waals surface area (Å²) in [7, 11) is -0.819. The van der Waals surface area contributed by atoms with Crippen molar-refractivity contribution in [3.05, 3.63) is 46.5 Å². The highest BCUT2D eigenvalue weighted by molar-refractivity contribution is 7.92. The molecule has 7 heteroatoms. The molecule has 0 aromatic heterocycles. The minimum absolute atomic E-state index is 0.235. The molecule has 3 rings (SSSR count). The highest BCUT2D eigenvalue weighted by atomic mass is 35.5. The van der Waals surface area contributed by atoms with E-state index in [1.807, 2.05) is 6.07 Å². The van der Waals surface area contributed by atoms with Crippen LogP contribution in [0.25, 0.3) is 0 Å². The van der Waals surface area contributed by atoms with Crippen LogP contribution in [0.1, 0.15) is 17.5 Å². The van der Waals surface area contributed by atoms with Crippen LogP contribution < -0.4 is 14.2 Å². The van der Waals surface area contributed by atoms with Crippen molar-refractivity contribution in [3.8, 4) is 11.5 Å². The van der Waals surface area contributed by atoms with Crippen LogP contribution >= 0.6 is 11.6 Å². The van der Waals surface area contributed by atoms with Crippen molar-refractivity contribution in [2.45, 2.75) is 24.2 Å². The number of aryl methyl sites for hydroxylation is 2. The Kier molecular flexibility index (Phi) is 4.60. The van der Waals surface area contributed by atoms with Gasteiger partial charge in [-0.25, -0.2) is 8.42 Å². The molecule has 2 aromatic carbocycles. The second-order valence-electron chi connectivity index (χ2n) is 5.58. The maximum Gasteiger partial charge on any atom is 0.262 e. The molecule has 0 spiro atoms. The molecule has 0 amide bonds. The van der Waals surface area contributed by atoms with Gasteiger partial charge in [0.2, 0.25) is 0 Å². The molecule has 128 valence electrons. The summed E-state index contributed by atoms with van der Waals surface area (Å²) in [5, 5.41) is 0.342. The third-order valence-electron chi connectivity index (χ3n) is 4.10. The van der Waals surface area contributed by atoms with Gasteiger partial charge in [-0.05, 0) is 42.5 Å². The molecule has 0 radical (unpaired) electrons. The minimum atomic E-state index is -3.73. The van der Waals surface area contributed by atoms with Gasteiger partial charge in [0.1, 0.15) is 11.5 Å². The first-order chi connectivity index (χ1) is 11.4. The number of fused-ring (bicyclic) bond motifs is 1. The highest BCUT2D eigenvalue weighted by Gasteiger charge is 2.21. The lowest BCUT2D eigenvalue weighted by atomic mass is 10.1. The number of hydrogen-bond acceptors (Lipinski definition) is 4. The zero-order valence-electron chi connectivity index (χ0n) is 13.4. The van der Waals surface area contributed by atoms with Crippen LogP contribution in [-0.4, -0.2) is 22.6 Å². The molecule has 0 saturated carbocycles. The Hall–Kier alpha value is -1.92. The Bertz CT molecular complexity index is 880. The Morgan fingerprint density at radius 2 is 1.71 bits per heavy atom. The fraction of sp³-hybridized carbons (Fsp3) is 0.294. The number of sulfonamides is 1. The van der Waals surface area contributed by atoms with Crippen molar-refractivity contribution >= 4 is 27.3 Å². The number of nitrogens with one attached hydrogen (secondary N) is 1. The molecule has 0 fully saturated rings. The van der Waals surface area contributed by atoms with Crippen molar-refractivity contribution in [1.29, 1.82) is 0 Å². The van der Waals surface area contributed by atoms with Gasteiger partial charge < -0.3 is 9.47 Å². The summed E-state index contributed by atoms with van der Waals surface area (Å²) in [6, 6.07) is 8.28. The van der Waals surface area contributed by atoms with E-state index >= 15 is 0 Å². The first-order valence-corrected chi connectivity index (χ1v) is 9.37. The lowest BCUT2D eigenvalue weighted by Gasteiger charge is -2.14. The first kappa shape index (κ1) is 16.9. The molecule has 0 atom stereocenters. The molecular weight excluding hydrogens is 350 g/mol. The van der Waals surface area contributed by atoms with Crippen molar-refractivity contribution in [3.63, 3.8) is 0 Å². The summed E-state index contributed by atoms with van der Waals surface area (Å²) in [6.07, 6.45) is 2.98. The van der Waals surface area contributed by atoms with Gasteiger partial charge in [0, 0.05) is 12.1 Å². The zero-order valence-corrected chi connectivity index (χ0v) is 15.0. The third-order valence-corrected chi connectivity index (χ3v) is 5.76. The third kappa shape index (κ3) is 3.16. The van der Waals surface area contributed by atoms with Gasteiger partial charge in [0.15, 0.2) is 0 Å². The molecule has 1 aliphatic carbocycles. The maximum absolute atomic E-state index is 12.7. The summed E-state index contributed by atoms with van der Waals surface area (Å²) in [5.74, 6) is 0.689. The lowest BCUT2D eigenvalue weighted by Crippen LogP contribution is -2.14. The SMILES string of the molecule is COc1cc(NS(=O)(=O)c2ccc3c(c2)CCC3)c(OC)cc1Cl. The van der Waals surface area contributed by atoms with Gasteiger partial charge in [-0.1, -0.05) is 17.7 Å². The number of anilines is 1. The fourth-order valence-corrected chi connectivity index (χ4v) is 4.20. The summed E-state index contributed by atoms with van der Waals surface area (Å²) >= 11 is 6.05. The summed E-state index contributed by atoms with van der Waals surface area (Å²) in [4.78, 5) is 0.235. The van der Waals surface area contributed by atoms with Gasteiger partial charge in [-0.2, -0.15) is 0 Å². The van der Waals surface area contributed by atoms with Gasteiger partial charge >= 0.3 is 0 Å².